The first-order valence-corrected chi connectivity index (χ1v) is 26.6. The topological polar surface area (TPSA) is 243 Å². The van der Waals surface area contributed by atoms with E-state index < -0.39 is 0 Å². The molecule has 21 nitrogen and oxygen atoms in total. The standard InChI is InChI=1S/C19H27FN4O2.C17H24FN5O2.C9H9FN4.C5H3BrFN.C4H7N3.V/c1-3-26-19(25)9-7-5-4-6-8-13-24(18-12-14-23(2)22-18)17-11-10-16(20)15-21-17;1-22-12-10-16(20-22)23(15-9-8-14(18)13-19-15)11-6-4-2-3-5-7-17(24)21-25;1-14-5-4-9(13-14)12-8-3-2-7(10)6-11-8;6-5-2-1-4(7)3-8-5;1-7-3-2-4(5)6-7;/h10-12,14-15H,3-9,13H2,1-2H3;8-10,12-13,25H,2-7,11H2,1H3,(H,21,24);2-6H,1H3,(H,11,12,13);1-3H;2-3H,1H3,(H2,5,6);. The van der Waals surface area contributed by atoms with Gasteiger partial charge < -0.3 is 25.6 Å². The summed E-state index contributed by atoms with van der Waals surface area (Å²) in [6, 6.07) is 19.3. The Morgan fingerprint density at radius 2 is 0.988 bits per heavy atom. The molecule has 8 rings (SSSR count). The summed E-state index contributed by atoms with van der Waals surface area (Å²) in [6.07, 6.45) is 22.5. The summed E-state index contributed by atoms with van der Waals surface area (Å²) in [7, 11) is 7.37. The molecule has 5 N–H and O–H groups in total. The Balaban J connectivity index is 0.000000287. The quantitative estimate of drug-likeness (QED) is 0.0116. The predicted octanol–water partition coefficient (Wildman–Crippen LogP) is 10.6. The van der Waals surface area contributed by atoms with E-state index in [2.05, 4.69) is 61.6 Å². The third-order valence-corrected chi connectivity index (χ3v) is 11.5. The number of hydroxylamine groups is 1. The van der Waals surface area contributed by atoms with Crippen LogP contribution in [-0.4, -0.2) is 95.8 Å². The normalized spacial score (nSPS) is 10.2. The molecule has 0 unspecified atom stereocenters. The maximum absolute atomic E-state index is 13.2. The van der Waals surface area contributed by atoms with Gasteiger partial charge in [-0.3, -0.25) is 33.5 Å². The van der Waals surface area contributed by atoms with Crippen LogP contribution in [0.2, 0.25) is 0 Å². The molecule has 0 aliphatic heterocycles. The van der Waals surface area contributed by atoms with Crippen molar-refractivity contribution in [1.29, 1.82) is 0 Å². The number of carbonyl (C=O) groups excluding carboxylic acids is 2. The minimum atomic E-state index is -0.364. The molecule has 0 aromatic carbocycles. The number of nitrogen functional groups attached to an aromatic ring is 1. The van der Waals surface area contributed by atoms with Gasteiger partial charge in [0.1, 0.15) is 51.1 Å². The molecule has 0 fully saturated rings. The molecule has 81 heavy (non-hydrogen) atoms. The van der Waals surface area contributed by atoms with Crippen LogP contribution in [0.3, 0.4) is 0 Å². The fourth-order valence-corrected chi connectivity index (χ4v) is 7.37. The zero-order valence-electron chi connectivity index (χ0n) is 46.0. The van der Waals surface area contributed by atoms with Gasteiger partial charge in [-0.2, -0.15) is 20.4 Å². The van der Waals surface area contributed by atoms with Gasteiger partial charge in [0.15, 0.2) is 17.5 Å². The Morgan fingerprint density at radius 3 is 1.36 bits per heavy atom. The fraction of sp³-hybridized carbons (Fsp3) is 0.370. The molecule has 0 spiro atoms. The zero-order chi connectivity index (χ0) is 58.1. The Hall–Kier alpha value is -7.68. The minimum Gasteiger partial charge on any atom is -0.466 e. The molecule has 0 aliphatic rings. The number of amides is 1. The number of carbonyl (C=O) groups is 2. The first-order chi connectivity index (χ1) is 38.5. The van der Waals surface area contributed by atoms with E-state index in [1.165, 1.54) is 36.7 Å². The van der Waals surface area contributed by atoms with Gasteiger partial charge in [-0.25, -0.2) is 43.0 Å². The number of aryl methyl sites for hydroxylation is 4. The SMILES string of the molecule is CCOC(=O)CCCCCCCN(c1ccc(F)cn1)c1ccn(C)n1.Cn1ccc(N(CCCCCCCC(=O)NO)c2ccc(F)cn2)n1.Cn1ccc(N)n1.Cn1ccc(Nc2ccc(F)cn2)n1.Fc1ccc(Br)nc1.[V]. The molecule has 0 bridgehead atoms. The summed E-state index contributed by atoms with van der Waals surface area (Å²) in [5, 5.41) is 28.1. The molecule has 1 amide bonds. The zero-order valence-corrected chi connectivity index (χ0v) is 49.0. The van der Waals surface area contributed by atoms with Crippen LogP contribution in [0.4, 0.5) is 58.3 Å². The number of esters is 1. The van der Waals surface area contributed by atoms with Crippen molar-refractivity contribution in [1.82, 2.24) is 64.5 Å². The first-order valence-electron chi connectivity index (χ1n) is 25.8. The number of nitrogens with zero attached hydrogens (tertiary/aromatic N) is 14. The summed E-state index contributed by atoms with van der Waals surface area (Å²) in [6.45, 7) is 3.75. The van der Waals surface area contributed by atoms with Gasteiger partial charge in [0.2, 0.25) is 5.91 Å². The molecule has 0 saturated heterocycles. The van der Waals surface area contributed by atoms with Crippen LogP contribution < -0.4 is 26.3 Å². The molecule has 0 aliphatic carbocycles. The number of rotatable bonds is 23. The Bertz CT molecular complexity index is 2930. The van der Waals surface area contributed by atoms with Crippen LogP contribution >= 0.6 is 15.9 Å². The second-order valence-corrected chi connectivity index (χ2v) is 18.4. The third kappa shape index (κ3) is 27.9. The van der Waals surface area contributed by atoms with Crippen molar-refractivity contribution in [2.75, 3.05) is 40.5 Å². The van der Waals surface area contributed by atoms with Crippen LogP contribution in [0.5, 0.6) is 0 Å². The number of hydrogen-bond donors (Lipinski definition) is 4. The number of nitrogens with one attached hydrogen (secondary N) is 2. The van der Waals surface area contributed by atoms with Gasteiger partial charge in [-0.1, -0.05) is 38.5 Å². The molecule has 8 aromatic rings. The van der Waals surface area contributed by atoms with Gasteiger partial charge in [-0.05, 0) is 103 Å². The third-order valence-electron chi connectivity index (χ3n) is 11.0. The van der Waals surface area contributed by atoms with Crippen LogP contribution in [0, 0.1) is 23.3 Å². The first kappa shape index (κ1) is 67.6. The molecular weight excluding hydrogens is 1160 g/mol. The van der Waals surface area contributed by atoms with Crippen molar-refractivity contribution < 1.29 is 55.7 Å². The molecule has 0 atom stereocenters. The number of nitrogens with two attached hydrogens (primary N) is 1. The van der Waals surface area contributed by atoms with Crippen LogP contribution in [0.1, 0.15) is 84.0 Å². The number of hydrogen-bond acceptors (Lipinski definition) is 16. The van der Waals surface area contributed by atoms with E-state index in [-0.39, 0.29) is 53.7 Å². The smallest absolute Gasteiger partial charge is 0.305 e. The van der Waals surface area contributed by atoms with Gasteiger partial charge >= 0.3 is 5.97 Å². The van der Waals surface area contributed by atoms with Gasteiger partial charge in [0.25, 0.3) is 0 Å². The number of ether oxygens (including phenoxy) is 1. The Labute approximate surface area is 489 Å². The maximum Gasteiger partial charge on any atom is 0.305 e. The van der Waals surface area contributed by atoms with Crippen LogP contribution in [0.25, 0.3) is 0 Å². The number of pyridine rings is 4. The van der Waals surface area contributed by atoms with Crippen LogP contribution in [-0.2, 0) is 61.1 Å². The second kappa shape index (κ2) is 38.1. The van der Waals surface area contributed by atoms with E-state index in [0.717, 1.165) is 101 Å². The summed E-state index contributed by atoms with van der Waals surface area (Å²) in [5.74, 6) is 2.93. The van der Waals surface area contributed by atoms with E-state index in [4.69, 9.17) is 15.7 Å². The van der Waals surface area contributed by atoms with Crippen molar-refractivity contribution in [3.05, 3.63) is 150 Å². The average Bonchev–Trinajstić information content (AvgIpc) is 4.30. The molecule has 0 saturated carbocycles. The van der Waals surface area contributed by atoms with Crippen molar-refractivity contribution in [2.24, 2.45) is 28.2 Å². The Kier molecular flexibility index (Phi) is 31.8. The fourth-order valence-electron chi connectivity index (χ4n) is 7.14. The number of aromatic nitrogens is 12. The molecule has 8 heterocycles. The van der Waals surface area contributed by atoms with E-state index in [1.54, 1.807) is 60.7 Å². The van der Waals surface area contributed by atoms with Crippen LogP contribution in [0.15, 0.2) is 127 Å². The summed E-state index contributed by atoms with van der Waals surface area (Å²) >= 11 is 3.07. The van der Waals surface area contributed by atoms with E-state index in [0.29, 0.717) is 53.1 Å². The predicted molar refractivity (Wildman–Crippen MR) is 301 cm³/mol. The maximum atomic E-state index is 13.2. The van der Waals surface area contributed by atoms with E-state index in [1.807, 2.05) is 81.7 Å². The monoisotopic (exact) mass is 1230 g/mol. The molecule has 1 radical (unpaired) electrons. The number of unbranched alkanes of at least 4 members (excludes halogenated alkanes) is 8. The summed E-state index contributed by atoms with van der Waals surface area (Å²) in [4.78, 5) is 42.0. The molecule has 435 valence electrons. The van der Waals surface area contributed by atoms with Crippen molar-refractivity contribution >= 4 is 68.5 Å². The van der Waals surface area contributed by atoms with E-state index >= 15 is 0 Å². The average molecular weight is 1230 g/mol. The van der Waals surface area contributed by atoms with Gasteiger partial charge in [0, 0.05) is 116 Å². The number of anilines is 7. The van der Waals surface area contributed by atoms with Gasteiger partial charge in [-0.15, -0.1) is 0 Å². The molecular formula is C54H70BrF4N17O4V. The largest absolute Gasteiger partial charge is 0.466 e. The van der Waals surface area contributed by atoms with Crippen molar-refractivity contribution in [2.45, 2.75) is 84.0 Å². The number of halogens is 5. The Morgan fingerprint density at radius 1 is 0.543 bits per heavy atom. The summed E-state index contributed by atoms with van der Waals surface area (Å²) in [5.41, 5.74) is 6.88. The molecule has 8 aromatic heterocycles. The van der Waals surface area contributed by atoms with Gasteiger partial charge in [0.05, 0.1) is 31.4 Å². The molecule has 27 heteroatoms. The second-order valence-electron chi connectivity index (χ2n) is 17.6. The van der Waals surface area contributed by atoms with Crippen molar-refractivity contribution in [3.63, 3.8) is 0 Å². The van der Waals surface area contributed by atoms with E-state index in [9.17, 15) is 27.2 Å². The summed E-state index contributed by atoms with van der Waals surface area (Å²) < 4.78 is 63.2. The van der Waals surface area contributed by atoms with Crippen molar-refractivity contribution in [3.8, 4) is 0 Å². The minimum absolute atomic E-state index is 0.